The summed E-state index contributed by atoms with van der Waals surface area (Å²) in [5.41, 5.74) is 11.9. The van der Waals surface area contributed by atoms with E-state index in [4.69, 9.17) is 16.2 Å². The highest BCUT2D eigenvalue weighted by atomic mass is 19.1. The summed E-state index contributed by atoms with van der Waals surface area (Å²) in [7, 11) is 1.56. The summed E-state index contributed by atoms with van der Waals surface area (Å²) in [6, 6.07) is 7.88. The van der Waals surface area contributed by atoms with E-state index in [1.807, 2.05) is 0 Å². The molecule has 0 bridgehead atoms. The standard InChI is InChI=1S/C13H13FN4O/c1-19-9-4-5-17-11(7-9)8-2-3-10(14)12(6-8)18-13(15)16/h2-7H,1H3,(H4,15,16,18). The number of methoxy groups -OCH3 is 1. The third-order valence-electron chi connectivity index (χ3n) is 2.46. The van der Waals surface area contributed by atoms with E-state index >= 15 is 0 Å². The van der Waals surface area contributed by atoms with Gasteiger partial charge in [0.05, 0.1) is 12.8 Å². The molecule has 0 atom stereocenters. The third-order valence-corrected chi connectivity index (χ3v) is 2.46. The second-order valence-corrected chi connectivity index (χ2v) is 3.78. The first-order valence-electron chi connectivity index (χ1n) is 5.50. The molecule has 0 amide bonds. The zero-order valence-corrected chi connectivity index (χ0v) is 10.3. The number of pyridine rings is 1. The van der Waals surface area contributed by atoms with Gasteiger partial charge in [0, 0.05) is 17.8 Å². The second kappa shape index (κ2) is 5.34. The largest absolute Gasteiger partial charge is 0.497 e. The fraction of sp³-hybridized carbons (Fsp3) is 0.0769. The van der Waals surface area contributed by atoms with E-state index in [1.165, 1.54) is 12.1 Å². The van der Waals surface area contributed by atoms with E-state index in [1.54, 1.807) is 31.5 Å². The number of benzene rings is 1. The van der Waals surface area contributed by atoms with Crippen LogP contribution < -0.4 is 16.2 Å². The third kappa shape index (κ3) is 2.98. The Morgan fingerprint density at radius 1 is 1.26 bits per heavy atom. The molecule has 0 aliphatic carbocycles. The van der Waals surface area contributed by atoms with Crippen molar-refractivity contribution >= 4 is 11.6 Å². The number of nitrogens with two attached hydrogens (primary N) is 2. The van der Waals surface area contributed by atoms with E-state index in [-0.39, 0.29) is 11.6 Å². The molecule has 98 valence electrons. The summed E-state index contributed by atoms with van der Waals surface area (Å²) < 4.78 is 18.6. The Morgan fingerprint density at radius 2 is 2.05 bits per heavy atom. The van der Waals surface area contributed by atoms with E-state index in [0.29, 0.717) is 17.0 Å². The van der Waals surface area contributed by atoms with Crippen LogP contribution in [0.25, 0.3) is 11.3 Å². The SMILES string of the molecule is COc1ccnc(-c2ccc(F)c(N=C(N)N)c2)c1. The molecule has 0 spiro atoms. The smallest absolute Gasteiger partial charge is 0.191 e. The molecule has 6 heteroatoms. The highest BCUT2D eigenvalue weighted by Crippen LogP contribution is 2.27. The lowest BCUT2D eigenvalue weighted by atomic mass is 10.1. The van der Waals surface area contributed by atoms with Crippen molar-refractivity contribution < 1.29 is 9.13 Å². The summed E-state index contributed by atoms with van der Waals surface area (Å²) in [6.07, 6.45) is 1.61. The summed E-state index contributed by atoms with van der Waals surface area (Å²) in [5.74, 6) is -0.0348. The van der Waals surface area contributed by atoms with Gasteiger partial charge in [0.25, 0.3) is 0 Å². The molecule has 1 aromatic heterocycles. The second-order valence-electron chi connectivity index (χ2n) is 3.78. The molecule has 1 heterocycles. The molecule has 2 aromatic rings. The van der Waals surface area contributed by atoms with Gasteiger partial charge in [-0.3, -0.25) is 4.98 Å². The first-order chi connectivity index (χ1) is 9.10. The van der Waals surface area contributed by atoms with E-state index in [2.05, 4.69) is 9.98 Å². The predicted octanol–water partition coefficient (Wildman–Crippen LogP) is 1.80. The Hall–Kier alpha value is -2.63. The van der Waals surface area contributed by atoms with Crippen LogP contribution in [0.2, 0.25) is 0 Å². The first-order valence-corrected chi connectivity index (χ1v) is 5.50. The number of hydrogen-bond acceptors (Lipinski definition) is 3. The lowest BCUT2D eigenvalue weighted by Gasteiger charge is -2.05. The maximum atomic E-state index is 13.5. The number of nitrogens with zero attached hydrogens (tertiary/aromatic N) is 2. The average Bonchev–Trinajstić information content (AvgIpc) is 2.41. The number of guanidine groups is 1. The van der Waals surface area contributed by atoms with Crippen LogP contribution in [0.4, 0.5) is 10.1 Å². The number of rotatable bonds is 3. The van der Waals surface area contributed by atoms with Crippen molar-refractivity contribution in [2.45, 2.75) is 0 Å². The van der Waals surface area contributed by atoms with Crippen molar-refractivity contribution in [3.05, 3.63) is 42.3 Å². The number of ether oxygens (including phenoxy) is 1. The molecule has 1 aromatic carbocycles. The molecular formula is C13H13FN4O. The fourth-order valence-corrected chi connectivity index (χ4v) is 1.59. The number of aromatic nitrogens is 1. The van der Waals surface area contributed by atoms with Crippen LogP contribution in [0.1, 0.15) is 0 Å². The molecule has 0 unspecified atom stereocenters. The predicted molar refractivity (Wildman–Crippen MR) is 71.7 cm³/mol. The van der Waals surface area contributed by atoms with Crippen LogP contribution in [0, 0.1) is 5.82 Å². The molecular weight excluding hydrogens is 247 g/mol. The van der Waals surface area contributed by atoms with Crippen LogP contribution in [0.15, 0.2) is 41.5 Å². The fourth-order valence-electron chi connectivity index (χ4n) is 1.59. The van der Waals surface area contributed by atoms with Gasteiger partial charge in [-0.15, -0.1) is 0 Å². The van der Waals surface area contributed by atoms with Gasteiger partial charge in [-0.05, 0) is 24.3 Å². The van der Waals surface area contributed by atoms with Gasteiger partial charge in [-0.25, -0.2) is 9.38 Å². The maximum Gasteiger partial charge on any atom is 0.191 e. The number of hydrogen-bond donors (Lipinski definition) is 2. The summed E-state index contributed by atoms with van der Waals surface area (Å²) in [6.45, 7) is 0. The molecule has 0 saturated carbocycles. The minimum absolute atomic E-state index is 0.0714. The lowest BCUT2D eigenvalue weighted by Crippen LogP contribution is -2.22. The normalized spacial score (nSPS) is 10.0. The first kappa shape index (κ1) is 12.8. The highest BCUT2D eigenvalue weighted by molar-refractivity contribution is 5.80. The quantitative estimate of drug-likeness (QED) is 0.650. The van der Waals surface area contributed by atoms with Gasteiger partial charge in [-0.1, -0.05) is 0 Å². The Kier molecular flexibility index (Phi) is 3.61. The zero-order chi connectivity index (χ0) is 13.8. The molecule has 0 fully saturated rings. The monoisotopic (exact) mass is 260 g/mol. The van der Waals surface area contributed by atoms with Gasteiger partial charge < -0.3 is 16.2 Å². The molecule has 0 saturated heterocycles. The van der Waals surface area contributed by atoms with Crippen molar-refractivity contribution in [3.63, 3.8) is 0 Å². The van der Waals surface area contributed by atoms with Crippen LogP contribution in [-0.4, -0.2) is 18.1 Å². The molecule has 5 nitrogen and oxygen atoms in total. The zero-order valence-electron chi connectivity index (χ0n) is 10.3. The van der Waals surface area contributed by atoms with Crippen molar-refractivity contribution in [3.8, 4) is 17.0 Å². The Labute approximate surface area is 109 Å². The molecule has 0 radical (unpaired) electrons. The van der Waals surface area contributed by atoms with Gasteiger partial charge in [0.15, 0.2) is 5.96 Å². The van der Waals surface area contributed by atoms with Crippen LogP contribution in [-0.2, 0) is 0 Å². The molecule has 19 heavy (non-hydrogen) atoms. The Balaban J connectivity index is 2.48. The molecule has 0 aliphatic rings. The van der Waals surface area contributed by atoms with E-state index < -0.39 is 5.82 Å². The van der Waals surface area contributed by atoms with Gasteiger partial charge in [-0.2, -0.15) is 0 Å². The van der Waals surface area contributed by atoms with Crippen molar-refractivity contribution in [2.24, 2.45) is 16.5 Å². The molecule has 4 N–H and O–H groups in total. The van der Waals surface area contributed by atoms with Crippen LogP contribution >= 0.6 is 0 Å². The van der Waals surface area contributed by atoms with Crippen LogP contribution in [0.5, 0.6) is 5.75 Å². The van der Waals surface area contributed by atoms with Gasteiger partial charge >= 0.3 is 0 Å². The number of halogens is 1. The average molecular weight is 260 g/mol. The van der Waals surface area contributed by atoms with Crippen molar-refractivity contribution in [2.75, 3.05) is 7.11 Å². The lowest BCUT2D eigenvalue weighted by molar-refractivity contribution is 0.414. The maximum absolute atomic E-state index is 13.5. The molecule has 2 rings (SSSR count). The highest BCUT2D eigenvalue weighted by Gasteiger charge is 2.06. The molecule has 0 aliphatic heterocycles. The van der Waals surface area contributed by atoms with E-state index in [9.17, 15) is 4.39 Å². The van der Waals surface area contributed by atoms with Gasteiger partial charge in [0.1, 0.15) is 17.3 Å². The van der Waals surface area contributed by atoms with E-state index in [0.717, 1.165) is 0 Å². The Bertz CT molecular complexity index is 624. The topological polar surface area (TPSA) is 86.5 Å². The van der Waals surface area contributed by atoms with Crippen LogP contribution in [0.3, 0.4) is 0 Å². The van der Waals surface area contributed by atoms with Gasteiger partial charge in [0.2, 0.25) is 0 Å². The Morgan fingerprint density at radius 3 is 2.74 bits per heavy atom. The minimum Gasteiger partial charge on any atom is -0.497 e. The summed E-state index contributed by atoms with van der Waals surface area (Å²) in [5, 5.41) is 0. The number of aliphatic imine (C=N–C) groups is 1. The van der Waals surface area contributed by atoms with Crippen molar-refractivity contribution in [1.82, 2.24) is 4.98 Å². The van der Waals surface area contributed by atoms with Crippen molar-refractivity contribution in [1.29, 1.82) is 0 Å². The summed E-state index contributed by atoms with van der Waals surface area (Å²) in [4.78, 5) is 7.92. The minimum atomic E-state index is -0.500. The summed E-state index contributed by atoms with van der Waals surface area (Å²) >= 11 is 0.